The van der Waals surface area contributed by atoms with Gasteiger partial charge in [-0.2, -0.15) is 0 Å². The van der Waals surface area contributed by atoms with E-state index >= 15 is 0 Å². The lowest BCUT2D eigenvalue weighted by atomic mass is 9.85. The molecule has 6 rings (SSSR count). The molecule has 3 fully saturated rings. The van der Waals surface area contributed by atoms with Gasteiger partial charge in [-0.25, -0.2) is 27.0 Å². The van der Waals surface area contributed by atoms with Gasteiger partial charge in [0.25, 0.3) is 12.3 Å². The highest BCUT2D eigenvalue weighted by molar-refractivity contribution is 7.91. The summed E-state index contributed by atoms with van der Waals surface area (Å²) >= 11 is 0. The fraction of sp³-hybridized carbons (Fsp3) is 0.625. The van der Waals surface area contributed by atoms with Crippen LogP contribution in [0.1, 0.15) is 86.0 Å². The van der Waals surface area contributed by atoms with Crippen LogP contribution in [0.15, 0.2) is 42.6 Å². The highest BCUT2D eigenvalue weighted by Gasteiger charge is 2.63. The molecule has 0 radical (unpaired) electrons. The van der Waals surface area contributed by atoms with Gasteiger partial charge in [-0.15, -0.1) is 0 Å². The molecule has 4 amide bonds. The Morgan fingerprint density at radius 2 is 1.89 bits per heavy atom. The standard InChI is InChI=1S/C40H53F2N5O9S/c1-7-24-18-23(2)10-8-9-11-26-21-40(26,36(50)46-57(52,53)39(5)15-16-39)45-32(48)30-20-28(55-33-29-13-12-27(54-6)19-25(29)14-17-43-33)22-47(30)34(49)31(24)44-37(51)56-38(3,4)35(41)42/h9,11-14,17,19,23-24,26,28,30-31,35H,7-8,10,15-16,18,20-22H2,1-6H3,(H,44,51)(H,45,48)(H,46,50)/b11-9-/t23-,24-,26-,28-,30+,31?,40-/m1/s1. The molecule has 17 heteroatoms. The lowest BCUT2D eigenvalue weighted by Crippen LogP contribution is -2.59. The summed E-state index contributed by atoms with van der Waals surface area (Å²) in [5.41, 5.74) is -3.76. The molecule has 1 saturated heterocycles. The molecule has 0 spiro atoms. The van der Waals surface area contributed by atoms with Crippen LogP contribution in [0.5, 0.6) is 11.6 Å². The summed E-state index contributed by atoms with van der Waals surface area (Å²) in [6.45, 7) is 7.42. The van der Waals surface area contributed by atoms with Crippen LogP contribution in [0.4, 0.5) is 13.6 Å². The smallest absolute Gasteiger partial charge is 0.408 e. The van der Waals surface area contributed by atoms with Crippen molar-refractivity contribution >= 4 is 44.6 Å². The van der Waals surface area contributed by atoms with E-state index in [9.17, 15) is 36.4 Å². The molecule has 1 aromatic heterocycles. The number of fused-ring (bicyclic) bond motifs is 3. The number of alkyl halides is 2. The van der Waals surface area contributed by atoms with Gasteiger partial charge in [-0.3, -0.25) is 19.1 Å². The van der Waals surface area contributed by atoms with Crippen LogP contribution in [0.2, 0.25) is 0 Å². The molecule has 1 aromatic carbocycles. The van der Waals surface area contributed by atoms with Crippen LogP contribution < -0.4 is 24.8 Å². The van der Waals surface area contributed by atoms with Crippen molar-refractivity contribution in [3.05, 3.63) is 42.6 Å². The van der Waals surface area contributed by atoms with Crippen LogP contribution in [-0.2, 0) is 29.1 Å². The van der Waals surface area contributed by atoms with Crippen molar-refractivity contribution in [3.63, 3.8) is 0 Å². The quantitative estimate of drug-likeness (QED) is 0.276. The van der Waals surface area contributed by atoms with Crippen molar-refractivity contribution in [2.75, 3.05) is 13.7 Å². The molecule has 3 heterocycles. The van der Waals surface area contributed by atoms with Gasteiger partial charge in [-0.05, 0) is 101 Å². The molecule has 0 bridgehead atoms. The summed E-state index contributed by atoms with van der Waals surface area (Å²) in [6.07, 6.45) is 3.31. The van der Waals surface area contributed by atoms with Gasteiger partial charge in [0.1, 0.15) is 29.5 Å². The predicted octanol–water partition coefficient (Wildman–Crippen LogP) is 5.01. The van der Waals surface area contributed by atoms with E-state index in [4.69, 9.17) is 14.2 Å². The number of nitrogens with zero attached hydrogens (tertiary/aromatic N) is 2. The van der Waals surface area contributed by atoms with Crippen molar-refractivity contribution in [1.29, 1.82) is 0 Å². The zero-order valence-electron chi connectivity index (χ0n) is 33.2. The van der Waals surface area contributed by atoms with E-state index in [0.717, 1.165) is 19.2 Å². The van der Waals surface area contributed by atoms with Crippen molar-refractivity contribution in [2.45, 2.75) is 126 Å². The third-order valence-electron chi connectivity index (χ3n) is 12.0. The molecule has 2 aliphatic heterocycles. The fourth-order valence-electron chi connectivity index (χ4n) is 7.76. The SMILES string of the molecule is CC[C@@H]1C[C@H](C)CC/C=C\[C@@H]2C[C@@]2(C(=O)NS(=O)(=O)C2(C)CC2)NC(=O)[C@@H]2C[C@@H](Oc3nccc4cc(OC)ccc34)CN2C(=O)C1NC(=O)OC(C)(C)C(F)F. The van der Waals surface area contributed by atoms with Gasteiger partial charge in [-0.1, -0.05) is 32.4 Å². The van der Waals surface area contributed by atoms with E-state index in [1.165, 1.54) is 4.90 Å². The minimum atomic E-state index is -4.05. The Morgan fingerprint density at radius 1 is 1.16 bits per heavy atom. The van der Waals surface area contributed by atoms with E-state index in [-0.39, 0.29) is 31.2 Å². The first-order chi connectivity index (χ1) is 26.8. The molecule has 7 atom stereocenters. The molecular weight excluding hydrogens is 765 g/mol. The van der Waals surface area contributed by atoms with Crippen LogP contribution in [0, 0.1) is 17.8 Å². The largest absolute Gasteiger partial charge is 0.497 e. The summed E-state index contributed by atoms with van der Waals surface area (Å²) < 4.78 is 71.9. The number of nitrogens with one attached hydrogen (secondary N) is 3. The lowest BCUT2D eigenvalue weighted by Gasteiger charge is -2.34. The monoisotopic (exact) mass is 817 g/mol. The first kappa shape index (κ1) is 42.1. The van der Waals surface area contributed by atoms with Gasteiger partial charge in [0, 0.05) is 23.9 Å². The van der Waals surface area contributed by atoms with E-state index < -0.39 is 86.2 Å². The third kappa shape index (κ3) is 8.82. The minimum absolute atomic E-state index is 0.0355. The van der Waals surface area contributed by atoms with Crippen molar-refractivity contribution in [2.24, 2.45) is 17.8 Å². The third-order valence-corrected chi connectivity index (χ3v) is 14.1. The number of carbonyl (C=O) groups excluding carboxylic acids is 4. The van der Waals surface area contributed by atoms with Crippen LogP contribution in [-0.4, -0.2) is 96.3 Å². The summed E-state index contributed by atoms with van der Waals surface area (Å²) in [4.78, 5) is 62.3. The minimum Gasteiger partial charge on any atom is -0.497 e. The summed E-state index contributed by atoms with van der Waals surface area (Å²) in [6, 6.07) is 4.59. The number of carbonyl (C=O) groups is 4. The van der Waals surface area contributed by atoms with Gasteiger partial charge in [0.15, 0.2) is 5.60 Å². The first-order valence-corrected chi connectivity index (χ1v) is 21.0. The molecule has 57 heavy (non-hydrogen) atoms. The average Bonchev–Trinajstić information content (AvgIpc) is 4.04. The number of methoxy groups -OCH3 is 1. The summed E-state index contributed by atoms with van der Waals surface area (Å²) in [5, 5.41) is 6.84. The van der Waals surface area contributed by atoms with E-state index in [1.807, 2.05) is 32.1 Å². The van der Waals surface area contributed by atoms with Gasteiger partial charge >= 0.3 is 6.09 Å². The number of pyridine rings is 1. The number of hydrogen-bond donors (Lipinski definition) is 3. The molecule has 4 aliphatic rings. The Labute approximate surface area is 331 Å². The fourth-order valence-corrected chi connectivity index (χ4v) is 9.07. The number of benzene rings is 1. The maximum absolute atomic E-state index is 14.9. The maximum Gasteiger partial charge on any atom is 0.408 e. The first-order valence-electron chi connectivity index (χ1n) is 19.6. The molecule has 2 saturated carbocycles. The Hall–Kier alpha value is -4.54. The van der Waals surface area contributed by atoms with Crippen molar-refractivity contribution in [3.8, 4) is 11.6 Å². The summed E-state index contributed by atoms with van der Waals surface area (Å²) in [5.74, 6) is -2.34. The maximum atomic E-state index is 14.9. The number of ether oxygens (including phenoxy) is 3. The second-order valence-corrected chi connectivity index (χ2v) is 19.0. The highest BCUT2D eigenvalue weighted by atomic mass is 32.2. The molecule has 14 nitrogen and oxygen atoms in total. The number of alkyl carbamates (subject to hydrolysis) is 1. The van der Waals surface area contributed by atoms with Crippen LogP contribution in [0.3, 0.4) is 0 Å². The Kier molecular flexibility index (Phi) is 11.8. The highest BCUT2D eigenvalue weighted by Crippen LogP contribution is 2.47. The second kappa shape index (κ2) is 16.0. The Balaban J connectivity index is 1.36. The Bertz CT molecular complexity index is 2030. The molecule has 2 aliphatic carbocycles. The Morgan fingerprint density at radius 3 is 2.56 bits per heavy atom. The number of allylic oxidation sites excluding steroid dienone is 1. The van der Waals surface area contributed by atoms with Crippen molar-refractivity contribution in [1.82, 2.24) is 25.2 Å². The van der Waals surface area contributed by atoms with Crippen LogP contribution in [0.25, 0.3) is 10.8 Å². The number of aromatic nitrogens is 1. The van der Waals surface area contributed by atoms with Gasteiger partial charge < -0.3 is 29.7 Å². The van der Waals surface area contributed by atoms with Gasteiger partial charge in [0.2, 0.25) is 27.7 Å². The molecule has 1 unspecified atom stereocenters. The van der Waals surface area contributed by atoms with Crippen molar-refractivity contribution < 1.29 is 50.6 Å². The number of amides is 4. The average molecular weight is 818 g/mol. The predicted molar refractivity (Wildman–Crippen MR) is 206 cm³/mol. The number of sulfonamides is 1. The lowest BCUT2D eigenvalue weighted by molar-refractivity contribution is -0.142. The van der Waals surface area contributed by atoms with Gasteiger partial charge in [0.05, 0.1) is 18.4 Å². The van der Waals surface area contributed by atoms with Crippen LogP contribution >= 0.6 is 0 Å². The number of hydrogen-bond acceptors (Lipinski definition) is 10. The van der Waals surface area contributed by atoms with E-state index in [0.29, 0.717) is 49.7 Å². The zero-order chi connectivity index (χ0) is 41.5. The van der Waals surface area contributed by atoms with E-state index in [2.05, 4.69) is 20.3 Å². The molecular formula is C40H53F2N5O9S. The zero-order valence-corrected chi connectivity index (χ0v) is 34.0. The molecule has 312 valence electrons. The number of halogens is 2. The van der Waals surface area contributed by atoms with E-state index in [1.54, 1.807) is 38.4 Å². The molecule has 3 N–H and O–H groups in total. The topological polar surface area (TPSA) is 182 Å². The number of rotatable bonds is 10. The normalized spacial score (nSPS) is 29.5. The summed E-state index contributed by atoms with van der Waals surface area (Å²) in [7, 11) is -2.50. The second-order valence-electron chi connectivity index (χ2n) is 16.8. The molecule has 2 aromatic rings.